The van der Waals surface area contributed by atoms with Gasteiger partial charge in [-0.2, -0.15) is 0 Å². The van der Waals surface area contributed by atoms with Gasteiger partial charge in [-0.1, -0.05) is 72.8 Å². The van der Waals surface area contributed by atoms with Crippen LogP contribution < -0.4 is 10.9 Å². The molecule has 0 bridgehead atoms. The standard InChI is InChI=1S/C27H27N3OS/c1-19-13-14-23-16-24(26(31)29-25(23)15-19)18-30(17-21-9-5-3-6-10-21)27(32)28-20(2)22-11-7-4-8-12-22/h3-16,20H,17-18H2,1-2H3,(H,28,32)(H,29,31). The number of hydrogen-bond donors (Lipinski definition) is 2. The molecule has 4 rings (SSSR count). The van der Waals surface area contributed by atoms with Gasteiger partial charge in [0, 0.05) is 17.6 Å². The lowest BCUT2D eigenvalue weighted by Gasteiger charge is -2.28. The summed E-state index contributed by atoms with van der Waals surface area (Å²) in [5.74, 6) is 0. The van der Waals surface area contributed by atoms with Crippen molar-refractivity contribution in [3.63, 3.8) is 0 Å². The van der Waals surface area contributed by atoms with E-state index < -0.39 is 0 Å². The topological polar surface area (TPSA) is 48.1 Å². The Morgan fingerprint density at radius 3 is 2.38 bits per heavy atom. The maximum atomic E-state index is 12.9. The van der Waals surface area contributed by atoms with Gasteiger partial charge in [-0.3, -0.25) is 4.79 Å². The van der Waals surface area contributed by atoms with Gasteiger partial charge in [0.2, 0.25) is 0 Å². The molecule has 2 N–H and O–H groups in total. The first-order valence-electron chi connectivity index (χ1n) is 10.8. The smallest absolute Gasteiger partial charge is 0.253 e. The van der Waals surface area contributed by atoms with Crippen LogP contribution in [0.4, 0.5) is 0 Å². The highest BCUT2D eigenvalue weighted by molar-refractivity contribution is 7.80. The molecule has 3 aromatic carbocycles. The molecule has 0 spiro atoms. The largest absolute Gasteiger partial charge is 0.356 e. The van der Waals surface area contributed by atoms with Gasteiger partial charge in [0.05, 0.1) is 12.6 Å². The Labute approximate surface area is 193 Å². The number of pyridine rings is 1. The molecule has 0 saturated heterocycles. The van der Waals surface area contributed by atoms with Crippen LogP contribution in [0.1, 0.15) is 35.2 Å². The Bertz CT molecular complexity index is 1270. The van der Waals surface area contributed by atoms with Gasteiger partial charge in [-0.25, -0.2) is 0 Å². The number of aromatic nitrogens is 1. The fraction of sp³-hybridized carbons (Fsp3) is 0.185. The van der Waals surface area contributed by atoms with Crippen LogP contribution in [0, 0.1) is 6.92 Å². The number of hydrogen-bond acceptors (Lipinski definition) is 2. The summed E-state index contributed by atoms with van der Waals surface area (Å²) in [6.07, 6.45) is 0. The number of H-pyrrole nitrogens is 1. The van der Waals surface area contributed by atoms with E-state index in [0.29, 0.717) is 23.8 Å². The first-order chi connectivity index (χ1) is 15.5. The Hall–Kier alpha value is -3.44. The van der Waals surface area contributed by atoms with Gasteiger partial charge in [0.1, 0.15) is 0 Å². The van der Waals surface area contributed by atoms with E-state index >= 15 is 0 Å². The number of nitrogens with zero attached hydrogens (tertiary/aromatic N) is 1. The number of rotatable bonds is 6. The molecule has 1 atom stereocenters. The highest BCUT2D eigenvalue weighted by Crippen LogP contribution is 2.17. The Morgan fingerprint density at radius 1 is 0.969 bits per heavy atom. The molecule has 0 fully saturated rings. The second-order valence-electron chi connectivity index (χ2n) is 8.14. The lowest BCUT2D eigenvalue weighted by molar-refractivity contribution is 0.392. The molecule has 0 radical (unpaired) electrons. The predicted molar refractivity (Wildman–Crippen MR) is 136 cm³/mol. The van der Waals surface area contributed by atoms with Gasteiger partial charge in [0.15, 0.2) is 5.11 Å². The van der Waals surface area contributed by atoms with Crippen molar-refractivity contribution >= 4 is 28.2 Å². The zero-order valence-electron chi connectivity index (χ0n) is 18.3. The maximum Gasteiger partial charge on any atom is 0.253 e. The van der Waals surface area contributed by atoms with Gasteiger partial charge in [0.25, 0.3) is 5.56 Å². The van der Waals surface area contributed by atoms with Gasteiger partial charge >= 0.3 is 0 Å². The maximum absolute atomic E-state index is 12.9. The third-order valence-corrected chi connectivity index (χ3v) is 5.96. The fourth-order valence-electron chi connectivity index (χ4n) is 3.79. The number of aromatic amines is 1. The lowest BCUT2D eigenvalue weighted by atomic mass is 10.1. The number of benzene rings is 3. The van der Waals surface area contributed by atoms with E-state index in [0.717, 1.165) is 27.6 Å². The summed E-state index contributed by atoms with van der Waals surface area (Å²) in [5, 5.41) is 5.08. The molecular formula is C27H27N3OS. The third-order valence-electron chi connectivity index (χ3n) is 5.58. The van der Waals surface area contributed by atoms with Gasteiger partial charge in [-0.15, -0.1) is 0 Å². The van der Waals surface area contributed by atoms with Gasteiger partial charge < -0.3 is 15.2 Å². The van der Waals surface area contributed by atoms with E-state index in [4.69, 9.17) is 12.2 Å². The molecule has 4 aromatic rings. The molecule has 162 valence electrons. The first-order valence-corrected chi connectivity index (χ1v) is 11.2. The number of fused-ring (bicyclic) bond motifs is 1. The van der Waals surface area contributed by atoms with E-state index in [1.54, 1.807) is 0 Å². The average Bonchev–Trinajstić information content (AvgIpc) is 2.80. The van der Waals surface area contributed by atoms with Crippen molar-refractivity contribution in [2.24, 2.45) is 0 Å². The number of aryl methyl sites for hydroxylation is 1. The van der Waals surface area contributed by atoms with Crippen molar-refractivity contribution in [2.75, 3.05) is 0 Å². The van der Waals surface area contributed by atoms with Crippen LogP contribution in [0.5, 0.6) is 0 Å². The fourth-order valence-corrected chi connectivity index (χ4v) is 4.09. The van der Waals surface area contributed by atoms with E-state index in [-0.39, 0.29) is 11.6 Å². The quantitative estimate of drug-likeness (QED) is 0.389. The highest BCUT2D eigenvalue weighted by Gasteiger charge is 2.16. The molecule has 0 aliphatic carbocycles. The molecule has 5 heteroatoms. The van der Waals surface area contributed by atoms with Crippen molar-refractivity contribution in [2.45, 2.75) is 33.0 Å². The van der Waals surface area contributed by atoms with E-state index in [1.165, 1.54) is 0 Å². The molecule has 0 amide bonds. The van der Waals surface area contributed by atoms with Crippen molar-refractivity contribution < 1.29 is 0 Å². The molecule has 4 nitrogen and oxygen atoms in total. The number of thiocarbonyl (C=S) groups is 1. The molecule has 1 unspecified atom stereocenters. The number of nitrogens with one attached hydrogen (secondary N) is 2. The van der Waals surface area contributed by atoms with E-state index in [2.05, 4.69) is 52.5 Å². The first kappa shape index (κ1) is 21.8. The van der Waals surface area contributed by atoms with Crippen LogP contribution in [-0.4, -0.2) is 15.0 Å². The Morgan fingerprint density at radius 2 is 1.66 bits per heavy atom. The summed E-state index contributed by atoms with van der Waals surface area (Å²) in [4.78, 5) is 17.9. The second-order valence-corrected chi connectivity index (χ2v) is 8.52. The van der Waals surface area contributed by atoms with Crippen molar-refractivity contribution in [3.8, 4) is 0 Å². The molecule has 1 aromatic heterocycles. The average molecular weight is 442 g/mol. The zero-order chi connectivity index (χ0) is 22.5. The minimum Gasteiger partial charge on any atom is -0.356 e. The minimum absolute atomic E-state index is 0.0554. The summed E-state index contributed by atoms with van der Waals surface area (Å²) in [5.41, 5.74) is 4.87. The van der Waals surface area contributed by atoms with Crippen LogP contribution in [0.25, 0.3) is 10.9 Å². The summed E-state index contributed by atoms with van der Waals surface area (Å²) in [7, 11) is 0. The molecular weight excluding hydrogens is 414 g/mol. The van der Waals surface area contributed by atoms with Crippen LogP contribution in [0.15, 0.2) is 89.7 Å². The van der Waals surface area contributed by atoms with Crippen LogP contribution in [0.3, 0.4) is 0 Å². The SMILES string of the molecule is Cc1ccc2cc(CN(Cc3ccccc3)C(=S)NC(C)c3ccccc3)c(=O)[nH]c2c1. The minimum atomic E-state index is -0.0833. The molecule has 32 heavy (non-hydrogen) atoms. The summed E-state index contributed by atoms with van der Waals surface area (Å²) in [6.45, 7) is 5.14. The second kappa shape index (κ2) is 9.79. The van der Waals surface area contributed by atoms with Crippen molar-refractivity contribution in [1.82, 2.24) is 15.2 Å². The van der Waals surface area contributed by atoms with Crippen LogP contribution in [-0.2, 0) is 13.1 Å². The Balaban J connectivity index is 1.61. The normalized spacial score (nSPS) is 11.8. The highest BCUT2D eigenvalue weighted by atomic mass is 32.1. The summed E-state index contributed by atoms with van der Waals surface area (Å²) >= 11 is 5.81. The summed E-state index contributed by atoms with van der Waals surface area (Å²) in [6, 6.07) is 28.5. The third kappa shape index (κ3) is 5.24. The van der Waals surface area contributed by atoms with E-state index in [9.17, 15) is 4.79 Å². The van der Waals surface area contributed by atoms with Gasteiger partial charge in [-0.05, 0) is 60.3 Å². The van der Waals surface area contributed by atoms with Crippen LogP contribution >= 0.6 is 12.2 Å². The monoisotopic (exact) mass is 441 g/mol. The van der Waals surface area contributed by atoms with Crippen LogP contribution in [0.2, 0.25) is 0 Å². The summed E-state index contributed by atoms with van der Waals surface area (Å²) < 4.78 is 0. The molecule has 0 aliphatic heterocycles. The molecule has 1 heterocycles. The van der Waals surface area contributed by atoms with E-state index in [1.807, 2.05) is 61.5 Å². The lowest BCUT2D eigenvalue weighted by Crippen LogP contribution is -2.41. The predicted octanol–water partition coefficient (Wildman–Crippen LogP) is 5.47. The van der Waals surface area contributed by atoms with Crippen molar-refractivity contribution in [3.05, 3.63) is 118 Å². The van der Waals surface area contributed by atoms with Crippen molar-refractivity contribution in [1.29, 1.82) is 0 Å². The zero-order valence-corrected chi connectivity index (χ0v) is 19.2. The Kier molecular flexibility index (Phi) is 6.66. The molecule has 0 saturated carbocycles. The molecule has 0 aliphatic rings.